The molecule has 65 heavy (non-hydrogen) atoms. The molecule has 0 amide bonds. The van der Waals surface area contributed by atoms with Gasteiger partial charge in [0.2, 0.25) is 0 Å². The van der Waals surface area contributed by atoms with Gasteiger partial charge in [0.05, 0.1) is 28.0 Å². The number of aromatic nitrogens is 3. The predicted octanol–water partition coefficient (Wildman–Crippen LogP) is 16.9. The van der Waals surface area contributed by atoms with Crippen LogP contribution in [-0.4, -0.2) is 19.6 Å². The Kier molecular flexibility index (Phi) is 10.6. The minimum atomic E-state index is -2.56. The minimum absolute atomic E-state index is 0.00211. The molecule has 2 heterocycles. The van der Waals surface area contributed by atoms with E-state index in [-0.39, 0.29) is 29.1 Å². The summed E-state index contributed by atoms with van der Waals surface area (Å²) >= 11 is 0. The van der Waals surface area contributed by atoms with E-state index in [1.807, 2.05) is 110 Å². The number of phenolic OH excluding ortho intramolecular Hbond substituents is 1. The van der Waals surface area contributed by atoms with E-state index in [1.165, 1.54) is 0 Å². The molecule has 324 valence electrons. The summed E-state index contributed by atoms with van der Waals surface area (Å²) in [5.74, 6) is -0.142. The van der Waals surface area contributed by atoms with E-state index >= 15 is 0 Å². The van der Waals surface area contributed by atoms with Crippen molar-refractivity contribution in [2.45, 2.75) is 85.9 Å². The summed E-state index contributed by atoms with van der Waals surface area (Å²) in [6, 6.07) is 53.1. The smallest absolute Gasteiger partial charge is 0.149 e. The fraction of sp³-hybridized carbons (Fsp3) is 0.213. The maximum Gasteiger partial charge on any atom is 0.149 e. The second-order valence-corrected chi connectivity index (χ2v) is 18.4. The highest BCUT2D eigenvalue weighted by Gasteiger charge is 2.25. The third-order valence-corrected chi connectivity index (χ3v) is 12.7. The minimum Gasteiger partial charge on any atom is -0.507 e. The molecule has 9 rings (SSSR count). The molecule has 0 saturated heterocycles. The van der Waals surface area contributed by atoms with Crippen LogP contribution in [0.25, 0.3) is 83.9 Å². The quantitative estimate of drug-likeness (QED) is 0.141. The Hall–Kier alpha value is -7.04. The molecule has 4 nitrogen and oxygen atoms in total. The molecular formula is C61H59N3O. The lowest BCUT2D eigenvalue weighted by molar-refractivity contribution is 0.466. The SMILES string of the molecule is [2H]C([2H])([2H])c1cc(-c2c(C(C)C)cccc2C([2H])(C)C)ccc1-n1c(-c2cc(C(C)C)cc(C(C)C)c2O)nc2c(-c3cc(-c4ccccc4)cc(-c4cc(-c5ccccc5)ccn4)c3)cccc21. The number of fused-ring (bicyclic) bond motifs is 1. The normalized spacial score (nSPS) is 13.0. The van der Waals surface area contributed by atoms with Gasteiger partial charge in [-0.25, -0.2) is 4.98 Å². The molecule has 0 fully saturated rings. The molecule has 0 aliphatic rings. The number of aryl methyl sites for hydroxylation is 1. The van der Waals surface area contributed by atoms with Crippen molar-refractivity contribution in [2.75, 3.05) is 0 Å². The van der Waals surface area contributed by atoms with E-state index in [9.17, 15) is 6.48 Å². The van der Waals surface area contributed by atoms with Gasteiger partial charge in [0.15, 0.2) is 0 Å². The van der Waals surface area contributed by atoms with Crippen LogP contribution in [0.2, 0.25) is 0 Å². The van der Waals surface area contributed by atoms with E-state index in [2.05, 4.69) is 108 Å². The molecule has 4 heteroatoms. The van der Waals surface area contributed by atoms with Crippen LogP contribution in [-0.2, 0) is 0 Å². The number of benzene rings is 7. The summed E-state index contributed by atoms with van der Waals surface area (Å²) < 4.78 is 38.6. The summed E-state index contributed by atoms with van der Waals surface area (Å²) in [6.45, 7) is 13.8. The van der Waals surface area contributed by atoms with Crippen molar-refractivity contribution in [3.63, 3.8) is 0 Å². The van der Waals surface area contributed by atoms with E-state index < -0.39 is 12.7 Å². The average Bonchev–Trinajstić information content (AvgIpc) is 3.73. The van der Waals surface area contributed by atoms with Gasteiger partial charge in [0.25, 0.3) is 0 Å². The van der Waals surface area contributed by atoms with Crippen molar-refractivity contribution in [3.8, 4) is 78.6 Å². The van der Waals surface area contributed by atoms with Gasteiger partial charge in [0, 0.05) is 22.8 Å². The Bertz CT molecular complexity index is 3340. The van der Waals surface area contributed by atoms with Crippen LogP contribution in [0, 0.1) is 6.85 Å². The van der Waals surface area contributed by atoms with Gasteiger partial charge in [-0.2, -0.15) is 0 Å². The largest absolute Gasteiger partial charge is 0.507 e. The molecule has 0 unspecified atom stereocenters. The highest BCUT2D eigenvalue weighted by Crippen LogP contribution is 2.44. The predicted molar refractivity (Wildman–Crippen MR) is 274 cm³/mol. The van der Waals surface area contributed by atoms with Crippen LogP contribution in [0.15, 0.2) is 164 Å². The summed E-state index contributed by atoms with van der Waals surface area (Å²) in [6.07, 6.45) is 1.86. The molecule has 1 N–H and O–H groups in total. The Morgan fingerprint density at radius 3 is 1.86 bits per heavy atom. The van der Waals surface area contributed by atoms with E-state index in [0.29, 0.717) is 28.1 Å². The molecule has 0 saturated carbocycles. The number of phenols is 1. The van der Waals surface area contributed by atoms with Crippen molar-refractivity contribution < 1.29 is 10.6 Å². The molecule has 0 aliphatic heterocycles. The molecule has 9 aromatic rings. The molecule has 0 radical (unpaired) electrons. The van der Waals surface area contributed by atoms with Crippen molar-refractivity contribution in [1.82, 2.24) is 14.5 Å². The van der Waals surface area contributed by atoms with Gasteiger partial charge in [-0.3, -0.25) is 9.55 Å². The second kappa shape index (κ2) is 17.9. The Morgan fingerprint density at radius 1 is 0.523 bits per heavy atom. The molecular weight excluding hydrogens is 791 g/mol. The van der Waals surface area contributed by atoms with E-state index in [4.69, 9.17) is 14.1 Å². The number of imidazole rings is 1. The first-order chi connectivity index (χ1) is 32.9. The van der Waals surface area contributed by atoms with Crippen molar-refractivity contribution in [3.05, 3.63) is 192 Å². The maximum atomic E-state index is 12.4. The number of nitrogens with zero attached hydrogens (tertiary/aromatic N) is 3. The third-order valence-electron chi connectivity index (χ3n) is 12.7. The number of para-hydroxylation sites is 1. The van der Waals surface area contributed by atoms with E-state index in [1.54, 1.807) is 6.07 Å². The standard InChI is InChI=1S/C61H59N3O/c1-37(2)46-34-53(40(7)8)60(65)54(35-46)61-63-59-52(24-17-25-57(59)64(61)56-27-26-45(30-41(56)9)58-50(38(3)4)22-16-23-51(58)39(5)6)48-31-47(43-20-14-11-15-21-43)32-49(33-48)55-36-44(28-29-62-55)42-18-12-10-13-19-42/h10-40,65H,1-9H3/i9D3,38D. The van der Waals surface area contributed by atoms with Gasteiger partial charge in [0.1, 0.15) is 11.6 Å². The topological polar surface area (TPSA) is 50.9 Å². The average molecular weight is 854 g/mol. The first-order valence-corrected chi connectivity index (χ1v) is 22.8. The zero-order chi connectivity index (χ0) is 48.9. The van der Waals surface area contributed by atoms with Crippen LogP contribution in [0.3, 0.4) is 0 Å². The molecule has 0 bridgehead atoms. The monoisotopic (exact) mass is 853 g/mol. The van der Waals surface area contributed by atoms with Gasteiger partial charge in [-0.05, 0) is 152 Å². The second-order valence-electron chi connectivity index (χ2n) is 18.4. The Morgan fingerprint density at radius 2 is 1.18 bits per heavy atom. The number of rotatable bonds is 11. The Balaban J connectivity index is 1.36. The number of hydrogen-bond donors (Lipinski definition) is 1. The lowest BCUT2D eigenvalue weighted by atomic mass is 9.84. The van der Waals surface area contributed by atoms with Gasteiger partial charge < -0.3 is 5.11 Å². The Labute approximate surface area is 391 Å². The summed E-state index contributed by atoms with van der Waals surface area (Å²) in [4.78, 5) is 10.4. The van der Waals surface area contributed by atoms with Crippen LogP contribution >= 0.6 is 0 Å². The number of pyridine rings is 1. The lowest BCUT2D eigenvalue weighted by Crippen LogP contribution is -2.04. The zero-order valence-electron chi connectivity index (χ0n) is 42.6. The first kappa shape index (κ1) is 38.4. The third kappa shape index (κ3) is 8.30. The zero-order valence-corrected chi connectivity index (χ0v) is 38.6. The lowest BCUT2D eigenvalue weighted by Gasteiger charge is -2.22. The van der Waals surface area contributed by atoms with Crippen LogP contribution in [0.5, 0.6) is 5.75 Å². The van der Waals surface area contributed by atoms with Crippen molar-refractivity contribution in [1.29, 1.82) is 0 Å². The maximum absolute atomic E-state index is 12.4. The van der Waals surface area contributed by atoms with Crippen molar-refractivity contribution in [2.24, 2.45) is 0 Å². The fourth-order valence-corrected chi connectivity index (χ4v) is 9.18. The van der Waals surface area contributed by atoms with Gasteiger partial charge in [-0.15, -0.1) is 0 Å². The molecule has 0 aliphatic carbocycles. The van der Waals surface area contributed by atoms with Gasteiger partial charge in [-0.1, -0.05) is 159 Å². The fourth-order valence-electron chi connectivity index (χ4n) is 9.18. The van der Waals surface area contributed by atoms with Gasteiger partial charge >= 0.3 is 0 Å². The van der Waals surface area contributed by atoms with Crippen LogP contribution in [0.1, 0.15) is 112 Å². The summed E-state index contributed by atoms with van der Waals surface area (Å²) in [5.41, 5.74) is 15.5. The summed E-state index contributed by atoms with van der Waals surface area (Å²) in [5, 5.41) is 12.4. The molecule has 0 atom stereocenters. The van der Waals surface area contributed by atoms with E-state index in [0.717, 1.165) is 78.0 Å². The van der Waals surface area contributed by atoms with Crippen molar-refractivity contribution >= 4 is 11.0 Å². The number of hydrogen-bond acceptors (Lipinski definition) is 3. The molecule has 7 aromatic carbocycles. The summed E-state index contributed by atoms with van der Waals surface area (Å²) in [7, 11) is 0. The first-order valence-electron chi connectivity index (χ1n) is 24.8. The molecule has 0 spiro atoms. The highest BCUT2D eigenvalue weighted by atomic mass is 16.3. The molecule has 2 aromatic heterocycles. The van der Waals surface area contributed by atoms with Crippen LogP contribution in [0.4, 0.5) is 0 Å². The highest BCUT2D eigenvalue weighted by molar-refractivity contribution is 5.98. The number of aromatic hydroxyl groups is 1. The van der Waals surface area contributed by atoms with Crippen LogP contribution < -0.4 is 0 Å².